The average molecular weight is 330 g/mol. The Morgan fingerprint density at radius 3 is 2.68 bits per heavy atom. The van der Waals surface area contributed by atoms with E-state index in [0.29, 0.717) is 18.0 Å². The van der Waals surface area contributed by atoms with Gasteiger partial charge in [0.05, 0.1) is 12.2 Å². The number of nitriles is 1. The molecule has 0 unspecified atom stereocenters. The Labute approximate surface area is 146 Å². The second-order valence-corrected chi connectivity index (χ2v) is 5.45. The maximum absolute atomic E-state index is 9.59. The van der Waals surface area contributed by atoms with E-state index in [2.05, 4.69) is 16.3 Å². The molecule has 3 aromatic rings. The smallest absolute Gasteiger partial charge is 0.174 e. The fraction of sp³-hybridized carbons (Fsp3) is 0.150. The Bertz CT molecular complexity index is 936. The summed E-state index contributed by atoms with van der Waals surface area (Å²) < 4.78 is 7.34. The number of aromatic nitrogens is 3. The first-order valence-electron chi connectivity index (χ1n) is 8.02. The van der Waals surface area contributed by atoms with Gasteiger partial charge in [-0.1, -0.05) is 42.5 Å². The lowest BCUT2D eigenvalue weighted by atomic mass is 10.1. The number of hydrogen-bond acceptors (Lipinski definition) is 4. The van der Waals surface area contributed by atoms with Crippen molar-refractivity contribution in [2.24, 2.45) is 7.05 Å². The van der Waals surface area contributed by atoms with Gasteiger partial charge in [-0.15, -0.1) is 10.2 Å². The summed E-state index contributed by atoms with van der Waals surface area (Å²) in [5, 5.41) is 18.0. The molecular formula is C20H18N4O. The molecule has 0 bridgehead atoms. The highest BCUT2D eigenvalue weighted by Gasteiger charge is 2.14. The highest BCUT2D eigenvalue weighted by atomic mass is 16.5. The third-order valence-corrected chi connectivity index (χ3v) is 3.75. The fourth-order valence-corrected chi connectivity index (χ4v) is 2.58. The van der Waals surface area contributed by atoms with Crippen molar-refractivity contribution in [2.45, 2.75) is 6.92 Å². The van der Waals surface area contributed by atoms with Crippen molar-refractivity contribution in [1.82, 2.24) is 14.8 Å². The Hall–Kier alpha value is -3.39. The van der Waals surface area contributed by atoms with Crippen molar-refractivity contribution in [3.8, 4) is 23.2 Å². The lowest BCUT2D eigenvalue weighted by molar-refractivity contribution is 0.340. The predicted octanol–water partition coefficient (Wildman–Crippen LogP) is 3.94. The Morgan fingerprint density at radius 1 is 1.16 bits per heavy atom. The van der Waals surface area contributed by atoms with E-state index in [0.717, 1.165) is 22.7 Å². The quantitative estimate of drug-likeness (QED) is 0.665. The summed E-state index contributed by atoms with van der Waals surface area (Å²) in [4.78, 5) is 0. The highest BCUT2D eigenvalue weighted by Crippen LogP contribution is 2.23. The van der Waals surface area contributed by atoms with Crippen LogP contribution in [0.1, 0.15) is 18.3 Å². The van der Waals surface area contributed by atoms with Crippen molar-refractivity contribution < 1.29 is 4.74 Å². The minimum Gasteiger partial charge on any atom is -0.494 e. The molecule has 1 aromatic heterocycles. The first-order valence-corrected chi connectivity index (χ1v) is 8.02. The van der Waals surface area contributed by atoms with E-state index in [1.807, 2.05) is 73.1 Å². The SMILES string of the molecule is CCOc1cccc(C=C(C#N)c2nnc(-c3ccccc3)n2C)c1. The molecule has 2 aromatic carbocycles. The second kappa shape index (κ2) is 7.45. The van der Waals surface area contributed by atoms with E-state index < -0.39 is 0 Å². The van der Waals surface area contributed by atoms with Crippen LogP contribution in [0.15, 0.2) is 54.6 Å². The number of hydrogen-bond donors (Lipinski definition) is 0. The van der Waals surface area contributed by atoms with Crippen LogP contribution in [0.2, 0.25) is 0 Å². The third-order valence-electron chi connectivity index (χ3n) is 3.75. The van der Waals surface area contributed by atoms with Crippen molar-refractivity contribution in [2.75, 3.05) is 6.61 Å². The average Bonchev–Trinajstić information content (AvgIpc) is 3.02. The zero-order valence-corrected chi connectivity index (χ0v) is 14.2. The maximum Gasteiger partial charge on any atom is 0.174 e. The molecule has 5 nitrogen and oxygen atoms in total. The van der Waals surface area contributed by atoms with Crippen LogP contribution in [0.3, 0.4) is 0 Å². The van der Waals surface area contributed by atoms with E-state index >= 15 is 0 Å². The van der Waals surface area contributed by atoms with E-state index in [9.17, 15) is 5.26 Å². The van der Waals surface area contributed by atoms with E-state index in [-0.39, 0.29) is 0 Å². The third kappa shape index (κ3) is 3.59. The van der Waals surface area contributed by atoms with Crippen LogP contribution in [-0.4, -0.2) is 21.4 Å². The molecule has 0 amide bonds. The molecule has 0 aliphatic heterocycles. The van der Waals surface area contributed by atoms with Gasteiger partial charge in [-0.2, -0.15) is 5.26 Å². The fourth-order valence-electron chi connectivity index (χ4n) is 2.58. The summed E-state index contributed by atoms with van der Waals surface area (Å²) in [6, 6.07) is 19.6. The van der Waals surface area contributed by atoms with Crippen molar-refractivity contribution >= 4 is 11.6 Å². The van der Waals surface area contributed by atoms with E-state index in [1.54, 1.807) is 6.08 Å². The Balaban J connectivity index is 1.98. The largest absolute Gasteiger partial charge is 0.494 e. The Morgan fingerprint density at radius 2 is 1.96 bits per heavy atom. The predicted molar refractivity (Wildman–Crippen MR) is 97.5 cm³/mol. The summed E-state index contributed by atoms with van der Waals surface area (Å²) in [6.07, 6.45) is 1.79. The van der Waals surface area contributed by atoms with Crippen LogP contribution in [0.25, 0.3) is 23.0 Å². The van der Waals surface area contributed by atoms with Crippen LogP contribution in [-0.2, 0) is 7.05 Å². The van der Waals surface area contributed by atoms with Crippen LogP contribution in [0.4, 0.5) is 0 Å². The van der Waals surface area contributed by atoms with Gasteiger partial charge in [0, 0.05) is 12.6 Å². The van der Waals surface area contributed by atoms with Gasteiger partial charge in [0.1, 0.15) is 11.8 Å². The molecule has 0 saturated heterocycles. The van der Waals surface area contributed by atoms with Gasteiger partial charge in [0.25, 0.3) is 0 Å². The van der Waals surface area contributed by atoms with Crippen molar-refractivity contribution in [1.29, 1.82) is 5.26 Å². The molecule has 0 fully saturated rings. The minimum absolute atomic E-state index is 0.450. The zero-order valence-electron chi connectivity index (χ0n) is 14.2. The van der Waals surface area contributed by atoms with Crippen LogP contribution >= 0.6 is 0 Å². The number of allylic oxidation sites excluding steroid dienone is 1. The summed E-state index contributed by atoms with van der Waals surface area (Å²) >= 11 is 0. The molecule has 0 atom stereocenters. The molecule has 25 heavy (non-hydrogen) atoms. The van der Waals surface area contributed by atoms with Crippen molar-refractivity contribution in [3.05, 3.63) is 66.0 Å². The standard InChI is InChI=1S/C20H18N4O/c1-3-25-18-11-7-8-15(13-18)12-17(14-21)20-23-22-19(24(20)2)16-9-5-4-6-10-16/h4-13H,3H2,1-2H3. The highest BCUT2D eigenvalue weighted by molar-refractivity contribution is 5.87. The van der Waals surface area contributed by atoms with Crippen LogP contribution in [0, 0.1) is 11.3 Å². The maximum atomic E-state index is 9.59. The van der Waals surface area contributed by atoms with Crippen LogP contribution in [0.5, 0.6) is 5.75 Å². The zero-order chi connectivity index (χ0) is 17.6. The molecule has 1 heterocycles. The molecule has 0 N–H and O–H groups in total. The molecule has 3 rings (SSSR count). The van der Waals surface area contributed by atoms with E-state index in [1.165, 1.54) is 0 Å². The summed E-state index contributed by atoms with van der Waals surface area (Å²) in [5.74, 6) is 2.03. The van der Waals surface area contributed by atoms with Gasteiger partial charge in [0.15, 0.2) is 11.6 Å². The Kier molecular flexibility index (Phi) is 4.91. The summed E-state index contributed by atoms with van der Waals surface area (Å²) in [6.45, 7) is 2.54. The number of nitrogens with zero attached hydrogens (tertiary/aromatic N) is 4. The number of rotatable bonds is 5. The normalized spacial score (nSPS) is 11.2. The molecule has 0 spiro atoms. The monoisotopic (exact) mass is 330 g/mol. The number of ether oxygens (including phenoxy) is 1. The van der Waals surface area contributed by atoms with Gasteiger partial charge in [-0.05, 0) is 30.7 Å². The molecular weight excluding hydrogens is 312 g/mol. The van der Waals surface area contributed by atoms with Gasteiger partial charge >= 0.3 is 0 Å². The molecule has 0 radical (unpaired) electrons. The van der Waals surface area contributed by atoms with Crippen molar-refractivity contribution in [3.63, 3.8) is 0 Å². The molecule has 0 saturated carbocycles. The summed E-state index contributed by atoms with van der Waals surface area (Å²) in [7, 11) is 1.86. The second-order valence-electron chi connectivity index (χ2n) is 5.45. The molecule has 0 aliphatic rings. The lowest BCUT2D eigenvalue weighted by Gasteiger charge is -2.05. The topological polar surface area (TPSA) is 63.7 Å². The van der Waals surface area contributed by atoms with Gasteiger partial charge < -0.3 is 9.30 Å². The molecule has 124 valence electrons. The van der Waals surface area contributed by atoms with Gasteiger partial charge in [-0.25, -0.2) is 0 Å². The minimum atomic E-state index is 0.450. The van der Waals surface area contributed by atoms with Gasteiger partial charge in [-0.3, -0.25) is 0 Å². The first-order chi connectivity index (χ1) is 12.2. The first kappa shape index (κ1) is 16.5. The summed E-state index contributed by atoms with van der Waals surface area (Å²) in [5.41, 5.74) is 2.29. The molecule has 0 aliphatic carbocycles. The molecule has 5 heteroatoms. The lowest BCUT2D eigenvalue weighted by Crippen LogP contribution is -1.98. The van der Waals surface area contributed by atoms with E-state index in [4.69, 9.17) is 4.74 Å². The van der Waals surface area contributed by atoms with Crippen LogP contribution < -0.4 is 4.74 Å². The number of benzene rings is 2. The van der Waals surface area contributed by atoms with Gasteiger partial charge in [0.2, 0.25) is 0 Å².